The Bertz CT molecular complexity index is 756. The minimum Gasteiger partial charge on any atom is -0.491 e. The molecule has 2 amide bonds. The van der Waals surface area contributed by atoms with E-state index in [0.717, 1.165) is 24.2 Å². The first-order chi connectivity index (χ1) is 13.0. The number of nitrogens with zero attached hydrogens (tertiary/aromatic N) is 1. The molecule has 6 heteroatoms. The zero-order valence-corrected chi connectivity index (χ0v) is 16.6. The van der Waals surface area contributed by atoms with Gasteiger partial charge >= 0.3 is 0 Å². The van der Waals surface area contributed by atoms with Crippen LogP contribution in [-0.4, -0.2) is 35.4 Å². The van der Waals surface area contributed by atoms with E-state index in [1.807, 2.05) is 55.6 Å². The lowest BCUT2D eigenvalue weighted by Crippen LogP contribution is -2.48. The molecule has 1 saturated heterocycles. The summed E-state index contributed by atoms with van der Waals surface area (Å²) in [4.78, 5) is 28.1. The van der Waals surface area contributed by atoms with Gasteiger partial charge < -0.3 is 15.0 Å². The molecule has 1 aliphatic rings. The van der Waals surface area contributed by atoms with E-state index >= 15 is 0 Å². The quantitative estimate of drug-likeness (QED) is 0.820. The Balaban J connectivity index is 1.83. The van der Waals surface area contributed by atoms with Crippen molar-refractivity contribution < 1.29 is 14.3 Å². The van der Waals surface area contributed by atoms with Gasteiger partial charge in [-0.1, -0.05) is 18.2 Å². The van der Waals surface area contributed by atoms with Crippen molar-refractivity contribution in [3.8, 4) is 5.75 Å². The van der Waals surface area contributed by atoms with Gasteiger partial charge in [0, 0.05) is 13.1 Å². The fourth-order valence-electron chi connectivity index (χ4n) is 3.23. The summed E-state index contributed by atoms with van der Waals surface area (Å²) in [5, 5.41) is 4.83. The number of hydrogen-bond acceptors (Lipinski definition) is 4. The maximum Gasteiger partial charge on any atom is 0.264 e. The standard InChI is InChI=1S/C21H26N2O3S/c1-15(2)26-17-10-8-16(9-11-17)14-23(21(25)19-7-5-13-27-19)18-6-3-4-12-22-20(18)24/h5,7-11,13,15,18H,3-4,6,12,14H2,1-2H3,(H,22,24)/t18-/m0/s1. The van der Waals surface area contributed by atoms with E-state index in [9.17, 15) is 9.59 Å². The average Bonchev–Trinajstić information content (AvgIpc) is 3.10. The second kappa shape index (κ2) is 9.04. The van der Waals surface area contributed by atoms with E-state index in [4.69, 9.17) is 4.74 Å². The Morgan fingerprint density at radius 1 is 1.26 bits per heavy atom. The third kappa shape index (κ3) is 5.10. The molecule has 5 nitrogen and oxygen atoms in total. The zero-order valence-electron chi connectivity index (χ0n) is 15.8. The van der Waals surface area contributed by atoms with Crippen LogP contribution in [0.5, 0.6) is 5.75 Å². The van der Waals surface area contributed by atoms with Crippen LogP contribution in [0.15, 0.2) is 41.8 Å². The normalized spacial score (nSPS) is 17.3. The molecule has 0 aliphatic carbocycles. The van der Waals surface area contributed by atoms with Gasteiger partial charge in [0.1, 0.15) is 11.8 Å². The molecule has 0 saturated carbocycles. The van der Waals surface area contributed by atoms with Crippen LogP contribution in [0, 0.1) is 0 Å². The molecule has 0 unspecified atom stereocenters. The van der Waals surface area contributed by atoms with Gasteiger partial charge in [0.2, 0.25) is 5.91 Å². The second-order valence-corrected chi connectivity index (χ2v) is 7.97. The van der Waals surface area contributed by atoms with E-state index < -0.39 is 6.04 Å². The van der Waals surface area contributed by atoms with E-state index in [0.29, 0.717) is 24.4 Å². The number of benzene rings is 1. The Hall–Kier alpha value is -2.34. The first kappa shape index (κ1) is 19.4. The van der Waals surface area contributed by atoms with Crippen LogP contribution in [0.25, 0.3) is 0 Å². The first-order valence-electron chi connectivity index (χ1n) is 9.42. The van der Waals surface area contributed by atoms with Crippen molar-refractivity contribution in [2.45, 2.75) is 51.8 Å². The smallest absolute Gasteiger partial charge is 0.264 e. The SMILES string of the molecule is CC(C)Oc1ccc(CN(C(=O)c2cccs2)[C@H]2CCCCNC2=O)cc1. The molecule has 1 fully saturated rings. The van der Waals surface area contributed by atoms with Gasteiger partial charge in [-0.05, 0) is 62.3 Å². The molecular weight excluding hydrogens is 360 g/mol. The van der Waals surface area contributed by atoms with Crippen molar-refractivity contribution >= 4 is 23.2 Å². The van der Waals surface area contributed by atoms with Crippen molar-refractivity contribution in [1.29, 1.82) is 0 Å². The highest BCUT2D eigenvalue weighted by atomic mass is 32.1. The van der Waals surface area contributed by atoms with E-state index in [-0.39, 0.29) is 17.9 Å². The predicted octanol–water partition coefficient (Wildman–Crippen LogP) is 3.85. The van der Waals surface area contributed by atoms with Crippen molar-refractivity contribution in [2.24, 2.45) is 0 Å². The lowest BCUT2D eigenvalue weighted by Gasteiger charge is -2.30. The summed E-state index contributed by atoms with van der Waals surface area (Å²) in [7, 11) is 0. The molecule has 2 aromatic rings. The molecule has 1 aromatic carbocycles. The molecule has 2 heterocycles. The summed E-state index contributed by atoms with van der Waals surface area (Å²) < 4.78 is 5.69. The minimum atomic E-state index is -0.436. The molecule has 1 atom stereocenters. The molecule has 0 bridgehead atoms. The highest BCUT2D eigenvalue weighted by molar-refractivity contribution is 7.12. The van der Waals surface area contributed by atoms with Gasteiger partial charge in [-0.25, -0.2) is 0 Å². The molecule has 3 rings (SSSR count). The summed E-state index contributed by atoms with van der Waals surface area (Å²) in [5.74, 6) is 0.656. The highest BCUT2D eigenvalue weighted by Gasteiger charge is 2.31. The number of hydrogen-bond donors (Lipinski definition) is 1. The van der Waals surface area contributed by atoms with Gasteiger partial charge in [-0.15, -0.1) is 11.3 Å². The maximum atomic E-state index is 13.1. The maximum absolute atomic E-state index is 13.1. The predicted molar refractivity (Wildman–Crippen MR) is 107 cm³/mol. The monoisotopic (exact) mass is 386 g/mol. The number of carbonyl (C=O) groups is 2. The lowest BCUT2D eigenvalue weighted by atomic mass is 10.1. The van der Waals surface area contributed by atoms with Gasteiger partial charge in [0.25, 0.3) is 5.91 Å². The molecule has 1 aromatic heterocycles. The van der Waals surface area contributed by atoms with E-state index in [1.165, 1.54) is 11.3 Å². The van der Waals surface area contributed by atoms with E-state index in [2.05, 4.69) is 5.32 Å². The molecule has 27 heavy (non-hydrogen) atoms. The van der Waals surface area contributed by atoms with Crippen LogP contribution in [0.2, 0.25) is 0 Å². The van der Waals surface area contributed by atoms with Crippen LogP contribution in [0.3, 0.4) is 0 Å². The van der Waals surface area contributed by atoms with Crippen molar-refractivity contribution in [1.82, 2.24) is 10.2 Å². The number of ether oxygens (including phenoxy) is 1. The number of rotatable bonds is 6. The Morgan fingerprint density at radius 2 is 2.04 bits per heavy atom. The van der Waals surface area contributed by atoms with Crippen LogP contribution in [0.1, 0.15) is 48.3 Å². The second-order valence-electron chi connectivity index (χ2n) is 7.02. The van der Waals surface area contributed by atoms with Gasteiger partial charge in [-0.2, -0.15) is 0 Å². The van der Waals surface area contributed by atoms with Crippen molar-refractivity contribution in [3.05, 3.63) is 52.2 Å². The summed E-state index contributed by atoms with van der Waals surface area (Å²) in [6.45, 7) is 5.05. The summed E-state index contributed by atoms with van der Waals surface area (Å²) in [6, 6.07) is 11.0. The van der Waals surface area contributed by atoms with Crippen LogP contribution in [-0.2, 0) is 11.3 Å². The van der Waals surface area contributed by atoms with Crippen LogP contribution < -0.4 is 10.1 Å². The summed E-state index contributed by atoms with van der Waals surface area (Å²) in [6.07, 6.45) is 2.68. The third-order valence-corrected chi connectivity index (χ3v) is 5.38. The number of thiophene rings is 1. The Kier molecular flexibility index (Phi) is 6.50. The molecular formula is C21H26N2O3S. The van der Waals surface area contributed by atoms with Crippen LogP contribution >= 0.6 is 11.3 Å². The summed E-state index contributed by atoms with van der Waals surface area (Å²) in [5.41, 5.74) is 0.980. The van der Waals surface area contributed by atoms with E-state index in [1.54, 1.807) is 4.90 Å². The Labute approximate surface area is 164 Å². The van der Waals surface area contributed by atoms with Gasteiger partial charge in [-0.3, -0.25) is 9.59 Å². The lowest BCUT2D eigenvalue weighted by molar-refractivity contribution is -0.125. The van der Waals surface area contributed by atoms with Crippen molar-refractivity contribution in [2.75, 3.05) is 6.54 Å². The van der Waals surface area contributed by atoms with Crippen LogP contribution in [0.4, 0.5) is 0 Å². The molecule has 0 spiro atoms. The highest BCUT2D eigenvalue weighted by Crippen LogP contribution is 2.22. The average molecular weight is 387 g/mol. The summed E-state index contributed by atoms with van der Waals surface area (Å²) >= 11 is 1.41. The number of carbonyl (C=O) groups excluding carboxylic acids is 2. The first-order valence-corrected chi connectivity index (χ1v) is 10.3. The molecule has 144 valence electrons. The zero-order chi connectivity index (χ0) is 19.2. The number of amides is 2. The molecule has 1 aliphatic heterocycles. The molecule has 0 radical (unpaired) electrons. The largest absolute Gasteiger partial charge is 0.491 e. The molecule has 1 N–H and O–H groups in total. The fraction of sp³-hybridized carbons (Fsp3) is 0.429. The van der Waals surface area contributed by atoms with Gasteiger partial charge in [0.15, 0.2) is 0 Å². The third-order valence-electron chi connectivity index (χ3n) is 4.52. The Morgan fingerprint density at radius 3 is 2.70 bits per heavy atom. The van der Waals surface area contributed by atoms with Gasteiger partial charge in [0.05, 0.1) is 11.0 Å². The van der Waals surface area contributed by atoms with Crippen molar-refractivity contribution in [3.63, 3.8) is 0 Å². The number of nitrogens with one attached hydrogen (secondary N) is 1. The fourth-order valence-corrected chi connectivity index (χ4v) is 3.91. The topological polar surface area (TPSA) is 58.6 Å². The minimum absolute atomic E-state index is 0.0582.